The van der Waals surface area contributed by atoms with Crippen LogP contribution >= 0.6 is 11.6 Å². The average Bonchev–Trinajstić information content (AvgIpc) is 2.61. The smallest absolute Gasteiger partial charge is 0.341 e. The van der Waals surface area contributed by atoms with Gasteiger partial charge in [-0.15, -0.1) is 0 Å². The lowest BCUT2D eigenvalue weighted by Gasteiger charge is -2.00. The summed E-state index contributed by atoms with van der Waals surface area (Å²) in [7, 11) is 0. The zero-order chi connectivity index (χ0) is 11.7. The number of aromatic amines is 1. The normalized spacial score (nSPS) is 10.3. The van der Waals surface area contributed by atoms with E-state index in [2.05, 4.69) is 10.2 Å². The summed E-state index contributed by atoms with van der Waals surface area (Å²) >= 11 is 5.74. The van der Waals surface area contributed by atoms with E-state index >= 15 is 0 Å². The quantitative estimate of drug-likeness (QED) is 0.745. The number of nitrogens with two attached hydrogens (primary N) is 1. The number of nitrogens with one attached hydrogen (secondary N) is 1. The Hall–Kier alpha value is -2.01. The third kappa shape index (κ3) is 1.72. The maximum atomic E-state index is 11.0. The van der Waals surface area contributed by atoms with Crippen LogP contribution in [-0.2, 0) is 0 Å². The number of aromatic carboxylic acids is 1. The molecule has 1 heterocycles. The third-order valence-corrected chi connectivity index (χ3v) is 2.39. The van der Waals surface area contributed by atoms with Gasteiger partial charge in [0.25, 0.3) is 0 Å². The van der Waals surface area contributed by atoms with Gasteiger partial charge in [-0.05, 0) is 12.1 Å². The van der Waals surface area contributed by atoms with Crippen molar-refractivity contribution in [2.45, 2.75) is 0 Å². The van der Waals surface area contributed by atoms with E-state index in [0.717, 1.165) is 0 Å². The van der Waals surface area contributed by atoms with Crippen molar-refractivity contribution >= 4 is 23.4 Å². The van der Waals surface area contributed by atoms with Gasteiger partial charge in [-0.3, -0.25) is 5.10 Å². The molecule has 6 heteroatoms. The minimum absolute atomic E-state index is 0.0256. The van der Waals surface area contributed by atoms with Crippen molar-refractivity contribution in [2.75, 3.05) is 5.73 Å². The number of carbonyl (C=O) groups is 1. The number of carboxylic acids is 1. The van der Waals surface area contributed by atoms with Gasteiger partial charge in [-0.1, -0.05) is 23.7 Å². The van der Waals surface area contributed by atoms with Crippen molar-refractivity contribution in [3.05, 3.63) is 34.9 Å². The van der Waals surface area contributed by atoms with Gasteiger partial charge >= 0.3 is 5.97 Å². The number of carboxylic acid groups (broad SMARTS) is 1. The monoisotopic (exact) mass is 237 g/mol. The van der Waals surface area contributed by atoms with Gasteiger partial charge in [0.05, 0.1) is 5.69 Å². The molecule has 0 aliphatic rings. The first kappa shape index (κ1) is 10.5. The Labute approximate surface area is 95.8 Å². The summed E-state index contributed by atoms with van der Waals surface area (Å²) in [5, 5.41) is 15.8. The first-order valence-electron chi connectivity index (χ1n) is 4.42. The number of nitrogen functional groups attached to an aromatic ring is 1. The van der Waals surface area contributed by atoms with Crippen molar-refractivity contribution in [1.82, 2.24) is 10.2 Å². The number of hydrogen-bond donors (Lipinski definition) is 3. The SMILES string of the molecule is Nc1n[nH]c(-c2ccc(Cl)cc2)c1C(=O)O. The highest BCUT2D eigenvalue weighted by atomic mass is 35.5. The van der Waals surface area contributed by atoms with Gasteiger partial charge in [-0.2, -0.15) is 5.10 Å². The first-order valence-corrected chi connectivity index (χ1v) is 4.80. The third-order valence-electron chi connectivity index (χ3n) is 2.14. The molecule has 0 saturated carbocycles. The molecule has 82 valence electrons. The molecular weight excluding hydrogens is 230 g/mol. The fourth-order valence-corrected chi connectivity index (χ4v) is 1.52. The lowest BCUT2D eigenvalue weighted by atomic mass is 10.1. The number of nitrogens with zero attached hydrogens (tertiary/aromatic N) is 1. The molecule has 0 saturated heterocycles. The largest absolute Gasteiger partial charge is 0.477 e. The maximum absolute atomic E-state index is 11.0. The molecule has 16 heavy (non-hydrogen) atoms. The summed E-state index contributed by atoms with van der Waals surface area (Å²) in [6.07, 6.45) is 0. The lowest BCUT2D eigenvalue weighted by Crippen LogP contribution is -2.01. The van der Waals surface area contributed by atoms with E-state index in [4.69, 9.17) is 22.4 Å². The Morgan fingerprint density at radius 2 is 2.00 bits per heavy atom. The number of halogens is 1. The van der Waals surface area contributed by atoms with Gasteiger partial charge in [-0.25, -0.2) is 4.79 Å². The predicted octanol–water partition coefficient (Wildman–Crippen LogP) is 2.01. The van der Waals surface area contributed by atoms with Crippen LogP contribution in [0.5, 0.6) is 0 Å². The summed E-state index contributed by atoms with van der Waals surface area (Å²) in [5.41, 5.74) is 6.48. The zero-order valence-corrected chi connectivity index (χ0v) is 8.82. The first-order chi connectivity index (χ1) is 7.59. The minimum Gasteiger partial charge on any atom is -0.477 e. The van der Waals surface area contributed by atoms with Gasteiger partial charge in [0.1, 0.15) is 5.56 Å². The van der Waals surface area contributed by atoms with Crippen molar-refractivity contribution < 1.29 is 9.90 Å². The molecule has 0 atom stereocenters. The second-order valence-corrected chi connectivity index (χ2v) is 3.61. The Kier molecular flexibility index (Phi) is 2.54. The summed E-state index contributed by atoms with van der Waals surface area (Å²) in [5.74, 6) is -1.14. The van der Waals surface area contributed by atoms with Crippen molar-refractivity contribution in [3.63, 3.8) is 0 Å². The molecular formula is C10H8ClN3O2. The van der Waals surface area contributed by atoms with Gasteiger partial charge in [0.2, 0.25) is 0 Å². The molecule has 0 amide bonds. The summed E-state index contributed by atoms with van der Waals surface area (Å²) in [6.45, 7) is 0. The van der Waals surface area contributed by atoms with Crippen molar-refractivity contribution in [3.8, 4) is 11.3 Å². The van der Waals surface area contributed by atoms with Gasteiger partial charge in [0, 0.05) is 10.6 Å². The number of H-pyrrole nitrogens is 1. The number of hydrogen-bond acceptors (Lipinski definition) is 3. The molecule has 0 spiro atoms. The minimum atomic E-state index is -1.11. The number of benzene rings is 1. The molecule has 5 nitrogen and oxygen atoms in total. The van der Waals surface area contributed by atoms with Crippen LogP contribution in [0, 0.1) is 0 Å². The van der Waals surface area contributed by atoms with Gasteiger partial charge in [0.15, 0.2) is 5.82 Å². The van der Waals surface area contributed by atoms with Crippen molar-refractivity contribution in [1.29, 1.82) is 0 Å². The molecule has 0 fully saturated rings. The van der Waals surface area contributed by atoms with Crippen LogP contribution in [0.1, 0.15) is 10.4 Å². The predicted molar refractivity (Wildman–Crippen MR) is 60.4 cm³/mol. The van der Waals surface area contributed by atoms with E-state index in [1.807, 2.05) is 0 Å². The van der Waals surface area contributed by atoms with Crippen LogP contribution in [0.3, 0.4) is 0 Å². The zero-order valence-electron chi connectivity index (χ0n) is 8.07. The Morgan fingerprint density at radius 3 is 2.56 bits per heavy atom. The molecule has 1 aromatic heterocycles. The number of rotatable bonds is 2. The van der Waals surface area contributed by atoms with Crippen LogP contribution in [0.2, 0.25) is 5.02 Å². The van der Waals surface area contributed by atoms with E-state index in [0.29, 0.717) is 16.3 Å². The van der Waals surface area contributed by atoms with E-state index in [1.165, 1.54) is 0 Å². The van der Waals surface area contributed by atoms with Crippen molar-refractivity contribution in [2.24, 2.45) is 0 Å². The highest BCUT2D eigenvalue weighted by Gasteiger charge is 2.18. The van der Waals surface area contributed by atoms with E-state index < -0.39 is 5.97 Å². The van der Waals surface area contributed by atoms with E-state index in [1.54, 1.807) is 24.3 Å². The standard InChI is InChI=1S/C10H8ClN3O2/c11-6-3-1-5(2-4-6)8-7(10(15)16)9(12)14-13-8/h1-4H,(H,15,16)(H3,12,13,14). The molecule has 0 radical (unpaired) electrons. The van der Waals surface area contributed by atoms with Crippen LogP contribution in [0.15, 0.2) is 24.3 Å². The van der Waals surface area contributed by atoms with E-state index in [-0.39, 0.29) is 11.4 Å². The van der Waals surface area contributed by atoms with Crippen LogP contribution in [0.4, 0.5) is 5.82 Å². The highest BCUT2D eigenvalue weighted by molar-refractivity contribution is 6.30. The number of anilines is 1. The Balaban J connectivity index is 2.56. The fourth-order valence-electron chi connectivity index (χ4n) is 1.40. The Bertz CT molecular complexity index is 533. The molecule has 2 rings (SSSR count). The lowest BCUT2D eigenvalue weighted by molar-refractivity contribution is 0.0699. The summed E-state index contributed by atoms with van der Waals surface area (Å²) in [6, 6.07) is 6.72. The highest BCUT2D eigenvalue weighted by Crippen LogP contribution is 2.26. The number of aromatic nitrogens is 2. The second-order valence-electron chi connectivity index (χ2n) is 3.17. The Morgan fingerprint density at radius 1 is 1.38 bits per heavy atom. The summed E-state index contributed by atoms with van der Waals surface area (Å²) in [4.78, 5) is 11.0. The van der Waals surface area contributed by atoms with E-state index in [9.17, 15) is 4.79 Å². The van der Waals surface area contributed by atoms with Crippen LogP contribution in [0.25, 0.3) is 11.3 Å². The molecule has 1 aromatic carbocycles. The fraction of sp³-hybridized carbons (Fsp3) is 0. The molecule has 0 aliphatic heterocycles. The molecule has 0 aliphatic carbocycles. The molecule has 0 unspecified atom stereocenters. The van der Waals surface area contributed by atoms with Crippen LogP contribution in [-0.4, -0.2) is 21.3 Å². The van der Waals surface area contributed by atoms with Gasteiger partial charge < -0.3 is 10.8 Å². The molecule has 4 N–H and O–H groups in total. The summed E-state index contributed by atoms with van der Waals surface area (Å²) < 4.78 is 0. The van der Waals surface area contributed by atoms with Crippen LogP contribution < -0.4 is 5.73 Å². The maximum Gasteiger partial charge on any atom is 0.341 e. The average molecular weight is 238 g/mol. The molecule has 2 aromatic rings. The molecule has 0 bridgehead atoms. The topological polar surface area (TPSA) is 92.0 Å². The second kappa shape index (κ2) is 3.86.